The second-order valence-corrected chi connectivity index (χ2v) is 4.56. The van der Waals surface area contributed by atoms with Gasteiger partial charge in [0.25, 0.3) is 0 Å². The summed E-state index contributed by atoms with van der Waals surface area (Å²) in [6, 6.07) is 0.189. The second kappa shape index (κ2) is 4.33. The van der Waals surface area contributed by atoms with Crippen molar-refractivity contribution in [3.8, 4) is 0 Å². The highest BCUT2D eigenvalue weighted by atomic mass is 32.1. The number of thiazole rings is 1. The van der Waals surface area contributed by atoms with Crippen LogP contribution in [0.2, 0.25) is 0 Å². The van der Waals surface area contributed by atoms with Crippen LogP contribution in [0.15, 0.2) is 11.6 Å². The Kier molecular flexibility index (Phi) is 3.10. The third-order valence-corrected chi connectivity index (χ3v) is 3.34. The summed E-state index contributed by atoms with van der Waals surface area (Å²) in [7, 11) is 0. The van der Waals surface area contributed by atoms with Gasteiger partial charge < -0.3 is 5.73 Å². The Hall–Kier alpha value is -0.520. The normalized spacial score (nSPS) is 28.4. The Morgan fingerprint density at radius 3 is 3.21 bits per heavy atom. The molecule has 0 aliphatic carbocycles. The molecule has 3 nitrogen and oxygen atoms in total. The lowest BCUT2D eigenvalue weighted by Crippen LogP contribution is -2.34. The Balaban J connectivity index is 1.97. The summed E-state index contributed by atoms with van der Waals surface area (Å²) < 4.78 is 13.1. The minimum atomic E-state index is -0.719. The van der Waals surface area contributed by atoms with E-state index in [2.05, 4.69) is 9.88 Å². The molecule has 1 aliphatic heterocycles. The number of aromatic nitrogens is 1. The quantitative estimate of drug-likeness (QED) is 0.818. The first-order chi connectivity index (χ1) is 6.79. The molecule has 0 amide bonds. The highest BCUT2D eigenvalue weighted by molar-refractivity contribution is 7.09. The molecule has 1 saturated heterocycles. The number of halogens is 1. The standard InChI is InChI=1S/C9H14FN3S/c10-7-3-8(4-11)13(5-7)6-9-12-1-2-14-9/h1-2,7-8H,3-6,11H2/t7-,8-/m1/s1. The molecule has 0 spiro atoms. The molecule has 14 heavy (non-hydrogen) atoms. The molecular formula is C9H14FN3S. The van der Waals surface area contributed by atoms with Crippen LogP contribution >= 0.6 is 11.3 Å². The Morgan fingerprint density at radius 2 is 2.57 bits per heavy atom. The number of likely N-dealkylation sites (tertiary alicyclic amines) is 1. The maximum atomic E-state index is 13.1. The van der Waals surface area contributed by atoms with Crippen LogP contribution in [0, 0.1) is 0 Å². The van der Waals surface area contributed by atoms with Gasteiger partial charge in [0.1, 0.15) is 11.2 Å². The van der Waals surface area contributed by atoms with E-state index in [0.717, 1.165) is 11.6 Å². The van der Waals surface area contributed by atoms with Crippen LogP contribution in [0.3, 0.4) is 0 Å². The molecule has 0 bridgehead atoms. The van der Waals surface area contributed by atoms with E-state index in [-0.39, 0.29) is 6.04 Å². The van der Waals surface area contributed by atoms with Gasteiger partial charge in [-0.05, 0) is 6.42 Å². The lowest BCUT2D eigenvalue weighted by molar-refractivity contribution is 0.238. The van der Waals surface area contributed by atoms with Crippen LogP contribution in [0.5, 0.6) is 0 Å². The lowest BCUT2D eigenvalue weighted by Gasteiger charge is -2.20. The van der Waals surface area contributed by atoms with Gasteiger partial charge in [-0.3, -0.25) is 4.90 Å². The van der Waals surface area contributed by atoms with Gasteiger partial charge in [0.2, 0.25) is 0 Å². The molecule has 1 fully saturated rings. The summed E-state index contributed by atoms with van der Waals surface area (Å²) in [4.78, 5) is 6.27. The van der Waals surface area contributed by atoms with Crippen LogP contribution in [0.25, 0.3) is 0 Å². The lowest BCUT2D eigenvalue weighted by atomic mass is 10.2. The fraction of sp³-hybridized carbons (Fsp3) is 0.667. The molecule has 2 atom stereocenters. The van der Waals surface area contributed by atoms with E-state index in [1.165, 1.54) is 0 Å². The van der Waals surface area contributed by atoms with Gasteiger partial charge in [-0.2, -0.15) is 0 Å². The second-order valence-electron chi connectivity index (χ2n) is 3.58. The summed E-state index contributed by atoms with van der Waals surface area (Å²) in [6.45, 7) is 1.77. The number of nitrogens with two attached hydrogens (primary N) is 1. The number of hydrogen-bond acceptors (Lipinski definition) is 4. The highest BCUT2D eigenvalue weighted by Gasteiger charge is 2.31. The van der Waals surface area contributed by atoms with Crippen molar-refractivity contribution in [2.45, 2.75) is 25.2 Å². The third-order valence-electron chi connectivity index (χ3n) is 2.57. The average Bonchev–Trinajstić information content (AvgIpc) is 2.76. The molecule has 2 N–H and O–H groups in total. The molecule has 78 valence electrons. The predicted octanol–water partition coefficient (Wildman–Crippen LogP) is 1.01. The van der Waals surface area contributed by atoms with E-state index in [1.54, 1.807) is 17.5 Å². The van der Waals surface area contributed by atoms with E-state index in [0.29, 0.717) is 19.5 Å². The Bertz CT molecular complexity index is 278. The van der Waals surface area contributed by atoms with Crippen LogP contribution in [0.1, 0.15) is 11.4 Å². The molecular weight excluding hydrogens is 201 g/mol. The molecule has 0 aromatic carbocycles. The first-order valence-electron chi connectivity index (χ1n) is 4.76. The molecule has 0 saturated carbocycles. The zero-order chi connectivity index (χ0) is 9.97. The predicted molar refractivity (Wildman–Crippen MR) is 54.9 cm³/mol. The van der Waals surface area contributed by atoms with Gasteiger partial charge in [0.15, 0.2) is 0 Å². The Morgan fingerprint density at radius 1 is 1.71 bits per heavy atom. The molecule has 2 rings (SSSR count). The maximum absolute atomic E-state index is 13.1. The van der Waals surface area contributed by atoms with Gasteiger partial charge in [-0.1, -0.05) is 0 Å². The maximum Gasteiger partial charge on any atom is 0.114 e. The molecule has 1 aromatic heterocycles. The Labute approximate surface area is 86.7 Å². The SMILES string of the molecule is NC[C@H]1C[C@@H](F)CN1Cc1nccs1. The number of hydrogen-bond donors (Lipinski definition) is 1. The van der Waals surface area contributed by atoms with E-state index >= 15 is 0 Å². The van der Waals surface area contributed by atoms with E-state index in [4.69, 9.17) is 5.73 Å². The van der Waals surface area contributed by atoms with Crippen LogP contribution in [-0.2, 0) is 6.54 Å². The molecule has 0 radical (unpaired) electrons. The van der Waals surface area contributed by atoms with Gasteiger partial charge in [0.05, 0.1) is 6.54 Å². The van der Waals surface area contributed by atoms with E-state index < -0.39 is 6.17 Å². The number of alkyl halides is 1. The molecule has 0 unspecified atom stereocenters. The zero-order valence-electron chi connectivity index (χ0n) is 7.90. The summed E-state index contributed by atoms with van der Waals surface area (Å²) in [5, 5.41) is 2.98. The van der Waals surface area contributed by atoms with Crippen molar-refractivity contribution in [3.63, 3.8) is 0 Å². The van der Waals surface area contributed by atoms with Crippen molar-refractivity contribution >= 4 is 11.3 Å². The molecule has 5 heteroatoms. The van der Waals surface area contributed by atoms with Gasteiger partial charge >= 0.3 is 0 Å². The average molecular weight is 215 g/mol. The van der Waals surface area contributed by atoms with Gasteiger partial charge in [0, 0.05) is 30.7 Å². The molecule has 2 heterocycles. The van der Waals surface area contributed by atoms with Crippen molar-refractivity contribution in [2.75, 3.05) is 13.1 Å². The topological polar surface area (TPSA) is 42.1 Å². The van der Waals surface area contributed by atoms with Crippen molar-refractivity contribution in [3.05, 3.63) is 16.6 Å². The summed E-state index contributed by atoms with van der Waals surface area (Å²) >= 11 is 1.61. The van der Waals surface area contributed by atoms with E-state index in [1.807, 2.05) is 5.38 Å². The van der Waals surface area contributed by atoms with Crippen molar-refractivity contribution in [2.24, 2.45) is 5.73 Å². The molecule has 1 aliphatic rings. The fourth-order valence-electron chi connectivity index (χ4n) is 1.87. The number of rotatable bonds is 3. The fourth-order valence-corrected chi connectivity index (χ4v) is 2.51. The highest BCUT2D eigenvalue weighted by Crippen LogP contribution is 2.22. The molecule has 1 aromatic rings. The minimum Gasteiger partial charge on any atom is -0.329 e. The summed E-state index contributed by atoms with van der Waals surface area (Å²) in [6.07, 6.45) is 1.63. The summed E-state index contributed by atoms with van der Waals surface area (Å²) in [5.41, 5.74) is 5.59. The minimum absolute atomic E-state index is 0.189. The van der Waals surface area contributed by atoms with Crippen LogP contribution < -0.4 is 5.73 Å². The van der Waals surface area contributed by atoms with Gasteiger partial charge in [-0.25, -0.2) is 9.37 Å². The summed E-state index contributed by atoms with van der Waals surface area (Å²) in [5.74, 6) is 0. The smallest absolute Gasteiger partial charge is 0.114 e. The van der Waals surface area contributed by atoms with Crippen molar-refractivity contribution in [1.82, 2.24) is 9.88 Å². The largest absolute Gasteiger partial charge is 0.329 e. The van der Waals surface area contributed by atoms with E-state index in [9.17, 15) is 4.39 Å². The first kappa shape index (κ1) is 10.0. The zero-order valence-corrected chi connectivity index (χ0v) is 8.71. The first-order valence-corrected chi connectivity index (χ1v) is 5.64. The van der Waals surface area contributed by atoms with Crippen molar-refractivity contribution in [1.29, 1.82) is 0 Å². The van der Waals surface area contributed by atoms with Crippen LogP contribution in [-0.4, -0.2) is 35.2 Å². The van der Waals surface area contributed by atoms with Gasteiger partial charge in [-0.15, -0.1) is 11.3 Å². The van der Waals surface area contributed by atoms with Crippen molar-refractivity contribution < 1.29 is 4.39 Å². The van der Waals surface area contributed by atoms with Crippen LogP contribution in [0.4, 0.5) is 4.39 Å². The number of nitrogens with zero attached hydrogens (tertiary/aromatic N) is 2. The monoisotopic (exact) mass is 215 g/mol. The third kappa shape index (κ3) is 2.10.